The summed E-state index contributed by atoms with van der Waals surface area (Å²) in [5.74, 6) is -0.181. The van der Waals surface area contributed by atoms with Gasteiger partial charge in [0, 0.05) is 17.8 Å². The molecule has 0 saturated carbocycles. The Balaban J connectivity index is 2.41. The molecule has 3 N–H and O–H groups in total. The van der Waals surface area contributed by atoms with E-state index in [9.17, 15) is 4.79 Å². The summed E-state index contributed by atoms with van der Waals surface area (Å²) in [5.41, 5.74) is 6.36. The van der Waals surface area contributed by atoms with Gasteiger partial charge in [-0.25, -0.2) is 9.97 Å². The summed E-state index contributed by atoms with van der Waals surface area (Å²) in [6.45, 7) is 1.78. The van der Waals surface area contributed by atoms with Crippen molar-refractivity contribution in [1.82, 2.24) is 15.0 Å². The van der Waals surface area contributed by atoms with E-state index in [4.69, 9.17) is 15.7 Å². The predicted octanol–water partition coefficient (Wildman–Crippen LogP) is 1.14. The number of nitrogens with zero attached hydrogens (tertiary/aromatic N) is 3. The number of primary amides is 1. The van der Waals surface area contributed by atoms with Crippen molar-refractivity contribution in [3.05, 3.63) is 24.2 Å². The molecular formula is C13H13N5O2. The van der Waals surface area contributed by atoms with Crippen LogP contribution in [0.25, 0.3) is 17.1 Å². The van der Waals surface area contributed by atoms with Crippen molar-refractivity contribution in [3.8, 4) is 11.9 Å². The molecule has 7 nitrogen and oxygen atoms in total. The lowest BCUT2D eigenvalue weighted by atomic mass is 10.2. The standard InChI is InChI=1S/C13H13N5O2/c1-8(4-5-14)20-13-11-9(2-3-10(15)19)6-16-12(11)17-7-18-13/h2-3,6-8H,4H2,1H3,(H2,15,19)(H,16,17,18)/b3-2+. The maximum absolute atomic E-state index is 10.8. The number of ether oxygens (including phenoxy) is 1. The number of carbonyl (C=O) groups excluding carboxylic acids is 1. The number of rotatable bonds is 5. The molecule has 7 heteroatoms. The Morgan fingerprint density at radius 2 is 2.45 bits per heavy atom. The third kappa shape index (κ3) is 2.92. The minimum atomic E-state index is -0.545. The fourth-order valence-corrected chi connectivity index (χ4v) is 1.71. The molecule has 0 fully saturated rings. The number of hydrogen-bond acceptors (Lipinski definition) is 5. The molecule has 0 aliphatic carbocycles. The lowest BCUT2D eigenvalue weighted by molar-refractivity contribution is -0.113. The van der Waals surface area contributed by atoms with Crippen molar-refractivity contribution in [2.24, 2.45) is 5.73 Å². The molecule has 0 saturated heterocycles. The Bertz CT molecular complexity index is 698. The second-order valence-electron chi connectivity index (χ2n) is 4.17. The predicted molar refractivity (Wildman–Crippen MR) is 72.4 cm³/mol. The Morgan fingerprint density at radius 3 is 3.15 bits per heavy atom. The maximum atomic E-state index is 10.8. The zero-order valence-corrected chi connectivity index (χ0v) is 10.8. The smallest absolute Gasteiger partial charge is 0.241 e. The number of aromatic amines is 1. The van der Waals surface area contributed by atoms with E-state index in [1.807, 2.05) is 6.07 Å². The molecule has 0 aliphatic heterocycles. The number of nitrogens with one attached hydrogen (secondary N) is 1. The molecule has 20 heavy (non-hydrogen) atoms. The van der Waals surface area contributed by atoms with Gasteiger partial charge in [0.25, 0.3) is 0 Å². The van der Waals surface area contributed by atoms with Crippen LogP contribution in [0.5, 0.6) is 5.88 Å². The number of hydrogen-bond donors (Lipinski definition) is 2. The van der Waals surface area contributed by atoms with Crippen molar-refractivity contribution in [3.63, 3.8) is 0 Å². The second kappa shape index (κ2) is 5.84. The van der Waals surface area contributed by atoms with Crippen LogP contribution in [0.15, 0.2) is 18.6 Å². The Labute approximate surface area is 115 Å². The van der Waals surface area contributed by atoms with Gasteiger partial charge >= 0.3 is 0 Å². The van der Waals surface area contributed by atoms with E-state index in [-0.39, 0.29) is 12.5 Å². The third-order valence-corrected chi connectivity index (χ3v) is 2.58. The largest absolute Gasteiger partial charge is 0.473 e. The van der Waals surface area contributed by atoms with Crippen LogP contribution in [0.1, 0.15) is 18.9 Å². The SMILES string of the molecule is CC(CC#N)Oc1ncnc2[nH]cc(/C=C/C(N)=O)c12. The quantitative estimate of drug-likeness (QED) is 0.790. The Hall–Kier alpha value is -2.88. The maximum Gasteiger partial charge on any atom is 0.241 e. The van der Waals surface area contributed by atoms with E-state index >= 15 is 0 Å². The number of nitriles is 1. The fraction of sp³-hybridized carbons (Fsp3) is 0.231. The molecule has 2 aromatic rings. The summed E-state index contributed by atoms with van der Waals surface area (Å²) < 4.78 is 5.63. The molecule has 0 aromatic carbocycles. The van der Waals surface area contributed by atoms with Gasteiger partial charge in [-0.05, 0) is 13.0 Å². The molecule has 1 amide bonds. The minimum Gasteiger partial charge on any atom is -0.473 e. The molecule has 2 heterocycles. The van der Waals surface area contributed by atoms with Crippen molar-refractivity contribution < 1.29 is 9.53 Å². The molecule has 1 unspecified atom stereocenters. The summed E-state index contributed by atoms with van der Waals surface area (Å²) in [7, 11) is 0. The van der Waals surface area contributed by atoms with Gasteiger partial charge in [0.15, 0.2) is 0 Å². The van der Waals surface area contributed by atoms with Crippen molar-refractivity contribution >= 4 is 23.0 Å². The lowest BCUT2D eigenvalue weighted by Gasteiger charge is -2.11. The molecule has 0 aliphatic rings. The van der Waals surface area contributed by atoms with E-state index in [0.29, 0.717) is 22.5 Å². The van der Waals surface area contributed by atoms with Gasteiger partial charge in [-0.15, -0.1) is 0 Å². The van der Waals surface area contributed by atoms with Crippen LogP contribution in [-0.4, -0.2) is 27.0 Å². The highest BCUT2D eigenvalue weighted by Crippen LogP contribution is 2.27. The molecule has 0 radical (unpaired) electrons. The van der Waals surface area contributed by atoms with Gasteiger partial charge in [0.1, 0.15) is 18.1 Å². The zero-order valence-electron chi connectivity index (χ0n) is 10.8. The first-order valence-electron chi connectivity index (χ1n) is 5.95. The molecule has 2 aromatic heterocycles. The number of fused-ring (bicyclic) bond motifs is 1. The normalized spacial score (nSPS) is 12.4. The topological polar surface area (TPSA) is 118 Å². The van der Waals surface area contributed by atoms with Crippen LogP contribution < -0.4 is 10.5 Å². The van der Waals surface area contributed by atoms with Crippen molar-refractivity contribution in [2.45, 2.75) is 19.4 Å². The van der Waals surface area contributed by atoms with Gasteiger partial charge in [-0.1, -0.05) is 0 Å². The first-order valence-corrected chi connectivity index (χ1v) is 5.95. The number of amides is 1. The van der Waals surface area contributed by atoms with Crippen LogP contribution in [0, 0.1) is 11.3 Å². The van der Waals surface area contributed by atoms with Crippen LogP contribution >= 0.6 is 0 Å². The molecular weight excluding hydrogens is 258 g/mol. The summed E-state index contributed by atoms with van der Waals surface area (Å²) in [5, 5.41) is 9.30. The van der Waals surface area contributed by atoms with E-state index in [1.165, 1.54) is 12.4 Å². The number of carbonyl (C=O) groups is 1. The Kier molecular flexibility index (Phi) is 3.96. The minimum absolute atomic E-state index is 0.252. The third-order valence-electron chi connectivity index (χ3n) is 2.58. The van der Waals surface area contributed by atoms with Crippen molar-refractivity contribution in [2.75, 3.05) is 0 Å². The summed E-state index contributed by atoms with van der Waals surface area (Å²) in [6.07, 6.45) is 5.82. The highest BCUT2D eigenvalue weighted by atomic mass is 16.5. The molecule has 2 rings (SSSR count). The van der Waals surface area contributed by atoms with E-state index in [0.717, 1.165) is 0 Å². The highest BCUT2D eigenvalue weighted by Gasteiger charge is 2.13. The van der Waals surface area contributed by atoms with Crippen LogP contribution in [-0.2, 0) is 4.79 Å². The first-order chi connectivity index (χ1) is 9.61. The lowest BCUT2D eigenvalue weighted by Crippen LogP contribution is -2.11. The molecule has 0 bridgehead atoms. The average molecular weight is 271 g/mol. The van der Waals surface area contributed by atoms with E-state index in [2.05, 4.69) is 15.0 Å². The summed E-state index contributed by atoms with van der Waals surface area (Å²) >= 11 is 0. The van der Waals surface area contributed by atoms with E-state index < -0.39 is 5.91 Å². The average Bonchev–Trinajstić information content (AvgIpc) is 2.81. The summed E-state index contributed by atoms with van der Waals surface area (Å²) in [6, 6.07) is 2.03. The Morgan fingerprint density at radius 1 is 1.65 bits per heavy atom. The van der Waals surface area contributed by atoms with Gasteiger partial charge in [0.05, 0.1) is 17.9 Å². The van der Waals surface area contributed by atoms with Gasteiger partial charge in [-0.2, -0.15) is 5.26 Å². The van der Waals surface area contributed by atoms with E-state index in [1.54, 1.807) is 19.2 Å². The van der Waals surface area contributed by atoms with Gasteiger partial charge < -0.3 is 15.5 Å². The summed E-state index contributed by atoms with van der Waals surface area (Å²) in [4.78, 5) is 21.9. The molecule has 0 spiro atoms. The molecule has 102 valence electrons. The number of aromatic nitrogens is 3. The van der Waals surface area contributed by atoms with Gasteiger partial charge in [-0.3, -0.25) is 4.79 Å². The highest BCUT2D eigenvalue weighted by molar-refractivity contribution is 5.96. The van der Waals surface area contributed by atoms with Gasteiger partial charge in [0.2, 0.25) is 11.8 Å². The van der Waals surface area contributed by atoms with Crippen LogP contribution in [0.3, 0.4) is 0 Å². The van der Waals surface area contributed by atoms with Crippen LogP contribution in [0.2, 0.25) is 0 Å². The first kappa shape index (κ1) is 13.5. The van der Waals surface area contributed by atoms with Crippen LogP contribution in [0.4, 0.5) is 0 Å². The number of H-pyrrole nitrogens is 1. The number of nitrogens with two attached hydrogens (primary N) is 1. The second-order valence-corrected chi connectivity index (χ2v) is 4.17. The zero-order chi connectivity index (χ0) is 14.5. The van der Waals surface area contributed by atoms with Crippen molar-refractivity contribution in [1.29, 1.82) is 5.26 Å². The fourth-order valence-electron chi connectivity index (χ4n) is 1.71. The monoisotopic (exact) mass is 271 g/mol. The molecule has 1 atom stereocenters.